The van der Waals surface area contributed by atoms with E-state index in [1.165, 1.54) is 0 Å². The van der Waals surface area contributed by atoms with Gasteiger partial charge in [0.1, 0.15) is 0 Å². The van der Waals surface area contributed by atoms with Gasteiger partial charge in [-0.3, -0.25) is 9.79 Å². The average molecular weight is 320 g/mol. The van der Waals surface area contributed by atoms with E-state index in [2.05, 4.69) is 29.5 Å². The zero-order valence-corrected chi connectivity index (χ0v) is 14.3. The number of hydrogen-bond donors (Lipinski definition) is 3. The Bertz CT molecular complexity index is 515. The van der Waals surface area contributed by atoms with E-state index >= 15 is 0 Å². The first kappa shape index (κ1) is 19.0. The second-order valence-electron chi connectivity index (χ2n) is 5.71. The van der Waals surface area contributed by atoms with Crippen LogP contribution in [0.5, 0.6) is 0 Å². The number of ether oxygens (including phenoxy) is 1. The molecule has 0 aliphatic rings. The molecule has 0 spiro atoms. The largest absolute Gasteiger partial charge is 0.380 e. The summed E-state index contributed by atoms with van der Waals surface area (Å²) in [5.41, 5.74) is 6.75. The lowest BCUT2D eigenvalue weighted by Crippen LogP contribution is -2.38. The highest BCUT2D eigenvalue weighted by Gasteiger charge is 2.02. The molecule has 0 radical (unpaired) electrons. The predicted octanol–water partition coefficient (Wildman–Crippen LogP) is 1.51. The summed E-state index contributed by atoms with van der Waals surface area (Å²) in [6, 6.07) is 7.22. The first-order chi connectivity index (χ1) is 11.0. The number of aliphatic imine (C=N–C) groups is 1. The van der Waals surface area contributed by atoms with Crippen molar-refractivity contribution in [3.63, 3.8) is 0 Å². The highest BCUT2D eigenvalue weighted by molar-refractivity contribution is 5.92. The number of guanidine groups is 1. The van der Waals surface area contributed by atoms with Crippen LogP contribution in [0.25, 0.3) is 0 Å². The topological polar surface area (TPSA) is 88.7 Å². The van der Waals surface area contributed by atoms with Crippen molar-refractivity contribution in [3.05, 3.63) is 35.4 Å². The highest BCUT2D eigenvalue weighted by atomic mass is 16.5. The van der Waals surface area contributed by atoms with Crippen LogP contribution < -0.4 is 16.4 Å². The molecule has 1 rings (SSSR count). The third kappa shape index (κ3) is 8.21. The smallest absolute Gasteiger partial charge is 0.248 e. The highest BCUT2D eigenvalue weighted by Crippen LogP contribution is 2.04. The van der Waals surface area contributed by atoms with Gasteiger partial charge in [-0.2, -0.15) is 0 Å². The van der Waals surface area contributed by atoms with Gasteiger partial charge in [-0.25, -0.2) is 0 Å². The number of benzene rings is 1. The van der Waals surface area contributed by atoms with Crippen molar-refractivity contribution in [1.29, 1.82) is 0 Å². The number of carbonyl (C=O) groups is 1. The van der Waals surface area contributed by atoms with Crippen molar-refractivity contribution < 1.29 is 9.53 Å². The first-order valence-corrected chi connectivity index (χ1v) is 7.94. The summed E-state index contributed by atoms with van der Waals surface area (Å²) in [6.07, 6.45) is 1.07. The normalized spacial score (nSPS) is 11.6. The van der Waals surface area contributed by atoms with E-state index in [9.17, 15) is 4.79 Å². The molecule has 6 heteroatoms. The second-order valence-corrected chi connectivity index (χ2v) is 5.71. The molecule has 0 saturated heterocycles. The summed E-state index contributed by atoms with van der Waals surface area (Å²) in [7, 11) is 1.72. The van der Waals surface area contributed by atoms with E-state index in [1.54, 1.807) is 19.2 Å². The van der Waals surface area contributed by atoms with Gasteiger partial charge in [0.2, 0.25) is 5.91 Å². The summed E-state index contributed by atoms with van der Waals surface area (Å²) < 4.78 is 5.55. The average Bonchev–Trinajstić information content (AvgIpc) is 2.53. The summed E-state index contributed by atoms with van der Waals surface area (Å²) >= 11 is 0. The molecule has 4 N–H and O–H groups in total. The van der Waals surface area contributed by atoms with Crippen LogP contribution >= 0.6 is 0 Å². The number of amides is 1. The molecule has 0 saturated carbocycles. The van der Waals surface area contributed by atoms with E-state index in [-0.39, 0.29) is 0 Å². The SMILES string of the molecule is CN=C(NCCOCCC(C)C)NCc1cccc(C(N)=O)c1. The van der Waals surface area contributed by atoms with Crippen LogP contribution in [0.2, 0.25) is 0 Å². The number of rotatable bonds is 9. The minimum Gasteiger partial charge on any atom is -0.380 e. The first-order valence-electron chi connectivity index (χ1n) is 7.94. The molecule has 1 amide bonds. The molecule has 0 atom stereocenters. The Morgan fingerprint density at radius 3 is 2.74 bits per heavy atom. The third-order valence-electron chi connectivity index (χ3n) is 3.27. The van der Waals surface area contributed by atoms with Gasteiger partial charge in [0.25, 0.3) is 0 Å². The second kappa shape index (κ2) is 10.6. The van der Waals surface area contributed by atoms with Crippen LogP contribution in [0, 0.1) is 5.92 Å². The van der Waals surface area contributed by atoms with E-state index in [0.29, 0.717) is 37.1 Å². The zero-order chi connectivity index (χ0) is 17.1. The Kier molecular flexibility index (Phi) is 8.75. The molecule has 128 valence electrons. The molecule has 0 fully saturated rings. The lowest BCUT2D eigenvalue weighted by atomic mass is 10.1. The molecule has 0 aliphatic carbocycles. The lowest BCUT2D eigenvalue weighted by molar-refractivity contribution is 0.1000. The van der Waals surface area contributed by atoms with Crippen LogP contribution in [-0.4, -0.2) is 38.7 Å². The van der Waals surface area contributed by atoms with Gasteiger partial charge < -0.3 is 21.1 Å². The number of nitrogens with one attached hydrogen (secondary N) is 2. The lowest BCUT2D eigenvalue weighted by Gasteiger charge is -2.13. The van der Waals surface area contributed by atoms with Gasteiger partial charge >= 0.3 is 0 Å². The molecule has 0 bridgehead atoms. The molecular weight excluding hydrogens is 292 g/mol. The van der Waals surface area contributed by atoms with Gasteiger partial charge in [0, 0.05) is 32.3 Å². The number of carbonyl (C=O) groups excluding carboxylic acids is 1. The van der Waals surface area contributed by atoms with Crippen molar-refractivity contribution in [3.8, 4) is 0 Å². The van der Waals surface area contributed by atoms with E-state index in [4.69, 9.17) is 10.5 Å². The standard InChI is InChI=1S/C17H28N4O2/c1-13(2)7-9-23-10-8-20-17(19-3)21-12-14-5-4-6-15(11-14)16(18)22/h4-6,11,13H,7-10,12H2,1-3H3,(H2,18,22)(H2,19,20,21). The molecule has 0 aliphatic heterocycles. The molecule has 0 unspecified atom stereocenters. The van der Waals surface area contributed by atoms with Crippen molar-refractivity contribution in [1.82, 2.24) is 10.6 Å². The van der Waals surface area contributed by atoms with Gasteiger partial charge in [0.15, 0.2) is 5.96 Å². The fraction of sp³-hybridized carbons (Fsp3) is 0.529. The van der Waals surface area contributed by atoms with Crippen molar-refractivity contribution in [2.75, 3.05) is 26.8 Å². The molecule has 1 aromatic carbocycles. The molecule has 23 heavy (non-hydrogen) atoms. The quantitative estimate of drug-likeness (QED) is 0.365. The number of nitrogens with zero attached hydrogens (tertiary/aromatic N) is 1. The van der Waals surface area contributed by atoms with Gasteiger partial charge in [-0.1, -0.05) is 26.0 Å². The van der Waals surface area contributed by atoms with Crippen molar-refractivity contribution in [2.45, 2.75) is 26.8 Å². The molecule has 0 heterocycles. The van der Waals surface area contributed by atoms with Crippen LogP contribution in [-0.2, 0) is 11.3 Å². The van der Waals surface area contributed by atoms with Gasteiger partial charge in [0.05, 0.1) is 6.61 Å². The van der Waals surface area contributed by atoms with Crippen LogP contribution in [0.3, 0.4) is 0 Å². The van der Waals surface area contributed by atoms with Crippen LogP contribution in [0.1, 0.15) is 36.2 Å². The minimum absolute atomic E-state index is 0.423. The maximum absolute atomic E-state index is 11.2. The predicted molar refractivity (Wildman–Crippen MR) is 93.4 cm³/mol. The summed E-state index contributed by atoms with van der Waals surface area (Å²) in [4.78, 5) is 15.3. The molecule has 1 aromatic rings. The Labute approximate surface area is 138 Å². The summed E-state index contributed by atoms with van der Waals surface area (Å²) in [6.45, 7) is 7.05. The monoisotopic (exact) mass is 320 g/mol. The Morgan fingerprint density at radius 2 is 2.09 bits per heavy atom. The van der Waals surface area contributed by atoms with E-state index in [1.807, 2.05) is 12.1 Å². The number of primary amides is 1. The Hall–Kier alpha value is -2.08. The Morgan fingerprint density at radius 1 is 1.30 bits per heavy atom. The third-order valence-corrected chi connectivity index (χ3v) is 3.27. The van der Waals surface area contributed by atoms with Crippen molar-refractivity contribution >= 4 is 11.9 Å². The van der Waals surface area contributed by atoms with Crippen molar-refractivity contribution in [2.24, 2.45) is 16.6 Å². The minimum atomic E-state index is -0.423. The van der Waals surface area contributed by atoms with Crippen LogP contribution in [0.4, 0.5) is 0 Å². The zero-order valence-electron chi connectivity index (χ0n) is 14.3. The van der Waals surface area contributed by atoms with E-state index < -0.39 is 5.91 Å². The molecular formula is C17H28N4O2. The summed E-state index contributed by atoms with van der Waals surface area (Å²) in [5.74, 6) is 0.934. The maximum atomic E-state index is 11.2. The summed E-state index contributed by atoms with van der Waals surface area (Å²) in [5, 5.41) is 6.38. The molecule has 0 aromatic heterocycles. The Balaban J connectivity index is 2.29. The van der Waals surface area contributed by atoms with Crippen LogP contribution in [0.15, 0.2) is 29.3 Å². The molecule has 6 nitrogen and oxygen atoms in total. The van der Waals surface area contributed by atoms with Gasteiger partial charge in [-0.05, 0) is 30.0 Å². The number of hydrogen-bond acceptors (Lipinski definition) is 3. The van der Waals surface area contributed by atoms with Gasteiger partial charge in [-0.15, -0.1) is 0 Å². The fourth-order valence-electron chi connectivity index (χ4n) is 1.90. The fourth-order valence-corrected chi connectivity index (χ4v) is 1.90. The number of nitrogens with two attached hydrogens (primary N) is 1. The van der Waals surface area contributed by atoms with E-state index in [0.717, 1.165) is 18.6 Å². The maximum Gasteiger partial charge on any atom is 0.248 e.